The number of rotatable bonds is 6. The van der Waals surface area contributed by atoms with Crippen LogP contribution in [0.25, 0.3) is 10.8 Å². The molecule has 0 unspecified atom stereocenters. The topological polar surface area (TPSA) is 83.8 Å². The van der Waals surface area contributed by atoms with Gasteiger partial charge in [-0.1, -0.05) is 42.5 Å². The van der Waals surface area contributed by atoms with E-state index in [2.05, 4.69) is 0 Å². The summed E-state index contributed by atoms with van der Waals surface area (Å²) < 4.78 is 18.3. The van der Waals surface area contributed by atoms with E-state index in [1.807, 2.05) is 6.07 Å². The van der Waals surface area contributed by atoms with Crippen LogP contribution in [0.4, 0.5) is 4.39 Å². The highest BCUT2D eigenvalue weighted by Crippen LogP contribution is 2.31. The summed E-state index contributed by atoms with van der Waals surface area (Å²) in [5.74, 6) is -1.86. The zero-order chi connectivity index (χ0) is 22.7. The summed E-state index contributed by atoms with van der Waals surface area (Å²) in [6.07, 6.45) is 0.404. The van der Waals surface area contributed by atoms with Gasteiger partial charge in [-0.25, -0.2) is 14.0 Å². The van der Waals surface area contributed by atoms with Crippen LogP contribution in [-0.2, 0) is 17.8 Å². The third-order valence-electron chi connectivity index (χ3n) is 5.19. The highest BCUT2D eigenvalue weighted by molar-refractivity contribution is 5.98. The van der Waals surface area contributed by atoms with Crippen LogP contribution >= 0.6 is 0 Å². The molecule has 0 heterocycles. The molecule has 0 radical (unpaired) electrons. The first-order chi connectivity index (χ1) is 15.4. The molecule has 0 aromatic heterocycles. The zero-order valence-corrected chi connectivity index (χ0v) is 16.9. The van der Waals surface area contributed by atoms with Crippen molar-refractivity contribution in [1.82, 2.24) is 0 Å². The molecule has 0 fully saturated rings. The fourth-order valence-corrected chi connectivity index (χ4v) is 3.42. The van der Waals surface area contributed by atoms with Crippen LogP contribution in [0.2, 0.25) is 0 Å². The minimum Gasteiger partial charge on any atom is -0.507 e. The number of phenols is 1. The van der Waals surface area contributed by atoms with Gasteiger partial charge in [0, 0.05) is 11.8 Å². The van der Waals surface area contributed by atoms with E-state index < -0.39 is 11.9 Å². The van der Waals surface area contributed by atoms with Crippen molar-refractivity contribution in [3.05, 3.63) is 112 Å². The number of halogens is 1. The van der Waals surface area contributed by atoms with Gasteiger partial charge in [-0.3, -0.25) is 0 Å². The van der Waals surface area contributed by atoms with Crippen molar-refractivity contribution in [3.8, 4) is 5.75 Å². The van der Waals surface area contributed by atoms with Crippen molar-refractivity contribution >= 4 is 22.7 Å². The van der Waals surface area contributed by atoms with Gasteiger partial charge in [0.15, 0.2) is 0 Å². The first-order valence-electron chi connectivity index (χ1n) is 9.89. The van der Waals surface area contributed by atoms with Gasteiger partial charge >= 0.3 is 11.9 Å². The number of ether oxygens (including phenoxy) is 1. The van der Waals surface area contributed by atoms with Crippen LogP contribution in [0, 0.1) is 5.82 Å². The molecule has 0 saturated carbocycles. The molecule has 0 aliphatic carbocycles. The molecule has 0 bridgehead atoms. The normalized spacial score (nSPS) is 10.8. The number of carboxylic acid groups (broad SMARTS) is 1. The number of phenolic OH excluding ortho intramolecular Hbond substituents is 1. The first-order valence-corrected chi connectivity index (χ1v) is 9.89. The van der Waals surface area contributed by atoms with Crippen molar-refractivity contribution in [2.24, 2.45) is 0 Å². The fourth-order valence-electron chi connectivity index (χ4n) is 3.42. The summed E-state index contributed by atoms with van der Waals surface area (Å²) >= 11 is 0. The Hall–Kier alpha value is -4.19. The number of carbonyl (C=O) groups is 2. The Morgan fingerprint density at radius 2 is 1.44 bits per heavy atom. The van der Waals surface area contributed by atoms with Gasteiger partial charge in [0.1, 0.15) is 18.2 Å². The van der Waals surface area contributed by atoms with E-state index in [0.29, 0.717) is 22.9 Å². The van der Waals surface area contributed by atoms with Crippen LogP contribution in [-0.4, -0.2) is 22.2 Å². The molecule has 4 aromatic carbocycles. The SMILES string of the molecule is O=C(O)c1ccc(Cc2ccc3ccc(C(=O)OCc4ccc(F)cc4)cc3c2O)cc1. The van der Waals surface area contributed by atoms with Gasteiger partial charge in [0.2, 0.25) is 0 Å². The van der Waals surface area contributed by atoms with E-state index in [9.17, 15) is 19.1 Å². The maximum absolute atomic E-state index is 13.0. The Morgan fingerprint density at radius 1 is 0.812 bits per heavy atom. The zero-order valence-electron chi connectivity index (χ0n) is 16.9. The average Bonchev–Trinajstić information content (AvgIpc) is 2.80. The lowest BCUT2D eigenvalue weighted by Crippen LogP contribution is -2.05. The van der Waals surface area contributed by atoms with Crippen LogP contribution in [0.15, 0.2) is 78.9 Å². The minimum atomic E-state index is -0.996. The van der Waals surface area contributed by atoms with Crippen molar-refractivity contribution in [1.29, 1.82) is 0 Å². The second-order valence-electron chi connectivity index (χ2n) is 7.39. The van der Waals surface area contributed by atoms with Gasteiger partial charge in [0.05, 0.1) is 11.1 Å². The van der Waals surface area contributed by atoms with Crippen molar-refractivity contribution in [2.45, 2.75) is 13.0 Å². The number of aromatic carboxylic acids is 1. The summed E-state index contributed by atoms with van der Waals surface area (Å²) in [5, 5.41) is 21.1. The molecule has 0 aliphatic heterocycles. The van der Waals surface area contributed by atoms with Crippen LogP contribution in [0.1, 0.15) is 37.4 Å². The number of aromatic hydroxyl groups is 1. The van der Waals surface area contributed by atoms with Crippen molar-refractivity contribution in [3.63, 3.8) is 0 Å². The summed E-state index contributed by atoms with van der Waals surface area (Å²) in [7, 11) is 0. The maximum Gasteiger partial charge on any atom is 0.338 e. The van der Waals surface area contributed by atoms with E-state index in [4.69, 9.17) is 9.84 Å². The second kappa shape index (κ2) is 8.89. The smallest absolute Gasteiger partial charge is 0.338 e. The van der Waals surface area contributed by atoms with Gasteiger partial charge in [-0.05, 0) is 58.5 Å². The predicted molar refractivity (Wildman–Crippen MR) is 117 cm³/mol. The fraction of sp³-hybridized carbons (Fsp3) is 0.0769. The number of carbonyl (C=O) groups excluding carboxylic acids is 1. The molecule has 0 saturated heterocycles. The average molecular weight is 430 g/mol. The second-order valence-corrected chi connectivity index (χ2v) is 7.39. The Kier molecular flexibility index (Phi) is 5.85. The Balaban J connectivity index is 1.54. The Bertz CT molecular complexity index is 1290. The quantitative estimate of drug-likeness (QED) is 0.404. The molecule has 0 aliphatic rings. The third kappa shape index (κ3) is 4.59. The van der Waals surface area contributed by atoms with E-state index >= 15 is 0 Å². The van der Waals surface area contributed by atoms with E-state index in [-0.39, 0.29) is 29.3 Å². The van der Waals surface area contributed by atoms with E-state index in [1.54, 1.807) is 48.5 Å². The lowest BCUT2D eigenvalue weighted by atomic mass is 9.98. The van der Waals surface area contributed by atoms with Gasteiger partial charge < -0.3 is 14.9 Å². The molecule has 0 spiro atoms. The predicted octanol–water partition coefficient (Wildman–Crippen LogP) is 5.33. The maximum atomic E-state index is 13.0. The molecule has 4 rings (SSSR count). The molecule has 2 N–H and O–H groups in total. The lowest BCUT2D eigenvalue weighted by molar-refractivity contribution is 0.0472. The number of hydrogen-bond donors (Lipinski definition) is 2. The monoisotopic (exact) mass is 430 g/mol. The van der Waals surface area contributed by atoms with Crippen LogP contribution < -0.4 is 0 Å². The van der Waals surface area contributed by atoms with Crippen molar-refractivity contribution in [2.75, 3.05) is 0 Å². The van der Waals surface area contributed by atoms with E-state index in [0.717, 1.165) is 10.9 Å². The Morgan fingerprint density at radius 3 is 2.12 bits per heavy atom. The largest absolute Gasteiger partial charge is 0.507 e. The molecule has 0 amide bonds. The highest BCUT2D eigenvalue weighted by atomic mass is 19.1. The number of fused-ring (bicyclic) bond motifs is 1. The number of benzene rings is 4. The van der Waals surface area contributed by atoms with Gasteiger partial charge in [-0.2, -0.15) is 0 Å². The standard InChI is InChI=1S/C26H19FO5/c27-22-11-3-17(4-12-22)15-32-26(31)21-10-8-18-7-9-20(24(28)23(18)14-21)13-16-1-5-19(6-2-16)25(29)30/h1-12,14,28H,13,15H2,(H,29,30). The highest BCUT2D eigenvalue weighted by Gasteiger charge is 2.13. The summed E-state index contributed by atoms with van der Waals surface area (Å²) in [6, 6.07) is 20.7. The number of carboxylic acids is 1. The van der Waals surface area contributed by atoms with Crippen LogP contribution in [0.3, 0.4) is 0 Å². The molecule has 0 atom stereocenters. The molecular weight excluding hydrogens is 411 g/mol. The number of hydrogen-bond acceptors (Lipinski definition) is 4. The van der Waals surface area contributed by atoms with Gasteiger partial charge in [0.25, 0.3) is 0 Å². The Labute approximate surface area is 183 Å². The molecule has 4 aromatic rings. The molecule has 32 heavy (non-hydrogen) atoms. The molecule has 160 valence electrons. The molecule has 5 nitrogen and oxygen atoms in total. The van der Waals surface area contributed by atoms with Gasteiger partial charge in [-0.15, -0.1) is 0 Å². The van der Waals surface area contributed by atoms with Crippen molar-refractivity contribution < 1.29 is 28.9 Å². The lowest BCUT2D eigenvalue weighted by Gasteiger charge is -2.10. The summed E-state index contributed by atoms with van der Waals surface area (Å²) in [5.41, 5.74) is 2.65. The van der Waals surface area contributed by atoms with E-state index in [1.165, 1.54) is 24.3 Å². The summed E-state index contributed by atoms with van der Waals surface area (Å²) in [4.78, 5) is 23.5. The molecular formula is C26H19FO5. The first kappa shape index (κ1) is 21.1. The number of esters is 1. The summed E-state index contributed by atoms with van der Waals surface area (Å²) in [6.45, 7) is 0.00944. The third-order valence-corrected chi connectivity index (χ3v) is 5.19. The van der Waals surface area contributed by atoms with Crippen LogP contribution in [0.5, 0.6) is 5.75 Å². The molecule has 6 heteroatoms. The minimum absolute atomic E-state index is 0.00944.